The van der Waals surface area contributed by atoms with Crippen LogP contribution in [0.4, 0.5) is 0 Å². The highest BCUT2D eigenvalue weighted by molar-refractivity contribution is 5.72. The van der Waals surface area contributed by atoms with Crippen molar-refractivity contribution in [2.24, 2.45) is 0 Å². The summed E-state index contributed by atoms with van der Waals surface area (Å²) in [6.45, 7) is 4.75. The first-order valence-electron chi connectivity index (χ1n) is 5.56. The molecule has 1 amide bonds. The standard InChI is InChI=1S/C12H16N2O2/c1-8-6-12(16)10(7-13-9(2)15)11-4-3-5-14(8)11/h6H,3-5,7H2,1-2H3,(H,13,15). The molecule has 0 aliphatic carbocycles. The summed E-state index contributed by atoms with van der Waals surface area (Å²) in [6, 6.07) is 1.66. The molecule has 2 rings (SSSR count). The Hall–Kier alpha value is -1.58. The van der Waals surface area contributed by atoms with Gasteiger partial charge in [0, 0.05) is 43.0 Å². The molecule has 86 valence electrons. The van der Waals surface area contributed by atoms with E-state index in [1.165, 1.54) is 6.92 Å². The summed E-state index contributed by atoms with van der Waals surface area (Å²) in [5, 5.41) is 2.70. The third kappa shape index (κ3) is 1.87. The minimum Gasteiger partial charge on any atom is -0.352 e. The molecule has 1 aliphatic rings. The maximum atomic E-state index is 11.8. The van der Waals surface area contributed by atoms with E-state index in [1.54, 1.807) is 6.07 Å². The minimum atomic E-state index is -0.100. The van der Waals surface area contributed by atoms with Gasteiger partial charge in [0.25, 0.3) is 0 Å². The summed E-state index contributed by atoms with van der Waals surface area (Å²) >= 11 is 0. The summed E-state index contributed by atoms with van der Waals surface area (Å²) in [6.07, 6.45) is 2.02. The number of fused-ring (bicyclic) bond motifs is 1. The van der Waals surface area contributed by atoms with Crippen molar-refractivity contribution < 1.29 is 4.79 Å². The van der Waals surface area contributed by atoms with Crippen molar-refractivity contribution >= 4 is 5.91 Å². The van der Waals surface area contributed by atoms with E-state index in [-0.39, 0.29) is 11.3 Å². The lowest BCUT2D eigenvalue weighted by Crippen LogP contribution is -2.26. The van der Waals surface area contributed by atoms with Crippen LogP contribution in [0.1, 0.15) is 30.3 Å². The molecule has 0 radical (unpaired) electrons. The van der Waals surface area contributed by atoms with Crippen LogP contribution in [0, 0.1) is 6.92 Å². The second-order valence-electron chi connectivity index (χ2n) is 4.24. The fourth-order valence-electron chi connectivity index (χ4n) is 2.28. The van der Waals surface area contributed by atoms with Crippen molar-refractivity contribution in [3.8, 4) is 0 Å². The maximum absolute atomic E-state index is 11.8. The monoisotopic (exact) mass is 220 g/mol. The normalized spacial score (nSPS) is 13.6. The average molecular weight is 220 g/mol. The first-order chi connectivity index (χ1) is 7.59. The van der Waals surface area contributed by atoms with Crippen molar-refractivity contribution in [2.45, 2.75) is 39.8 Å². The Labute approximate surface area is 94.3 Å². The molecule has 0 spiro atoms. The van der Waals surface area contributed by atoms with Crippen molar-refractivity contribution in [3.63, 3.8) is 0 Å². The van der Waals surface area contributed by atoms with Gasteiger partial charge < -0.3 is 9.88 Å². The molecule has 2 heterocycles. The van der Waals surface area contributed by atoms with E-state index in [4.69, 9.17) is 0 Å². The molecule has 0 aromatic carbocycles. The van der Waals surface area contributed by atoms with Crippen LogP contribution in [0.2, 0.25) is 0 Å². The van der Waals surface area contributed by atoms with Gasteiger partial charge >= 0.3 is 0 Å². The Morgan fingerprint density at radius 1 is 1.56 bits per heavy atom. The van der Waals surface area contributed by atoms with Crippen LogP contribution in [-0.2, 0) is 24.3 Å². The van der Waals surface area contributed by atoms with E-state index in [9.17, 15) is 9.59 Å². The predicted octanol–water partition coefficient (Wildman–Crippen LogP) is 0.739. The molecular formula is C12H16N2O2. The maximum Gasteiger partial charge on any atom is 0.217 e. The molecule has 4 heteroatoms. The first kappa shape index (κ1) is 10.9. The highest BCUT2D eigenvalue weighted by Crippen LogP contribution is 2.18. The summed E-state index contributed by atoms with van der Waals surface area (Å²) < 4.78 is 2.18. The second kappa shape index (κ2) is 4.12. The number of aromatic nitrogens is 1. The summed E-state index contributed by atoms with van der Waals surface area (Å²) in [7, 11) is 0. The molecule has 0 unspecified atom stereocenters. The van der Waals surface area contributed by atoms with Gasteiger partial charge in [-0.2, -0.15) is 0 Å². The molecule has 1 aromatic heterocycles. The molecule has 0 fully saturated rings. The number of aryl methyl sites for hydroxylation is 1. The van der Waals surface area contributed by atoms with Crippen LogP contribution < -0.4 is 10.7 Å². The fourth-order valence-corrected chi connectivity index (χ4v) is 2.28. The van der Waals surface area contributed by atoms with Gasteiger partial charge in [0.15, 0.2) is 5.43 Å². The third-order valence-corrected chi connectivity index (χ3v) is 3.05. The van der Waals surface area contributed by atoms with E-state index in [1.807, 2.05) is 6.92 Å². The van der Waals surface area contributed by atoms with Gasteiger partial charge in [-0.3, -0.25) is 9.59 Å². The van der Waals surface area contributed by atoms with Gasteiger partial charge in [-0.1, -0.05) is 0 Å². The Balaban J connectivity index is 2.41. The van der Waals surface area contributed by atoms with E-state index in [0.29, 0.717) is 6.54 Å². The van der Waals surface area contributed by atoms with Crippen LogP contribution in [0.3, 0.4) is 0 Å². The summed E-state index contributed by atoms with van der Waals surface area (Å²) in [5.74, 6) is -0.100. The number of amides is 1. The van der Waals surface area contributed by atoms with Gasteiger partial charge in [0.1, 0.15) is 0 Å². The molecular weight excluding hydrogens is 204 g/mol. The van der Waals surface area contributed by atoms with Crippen molar-refractivity contribution in [2.75, 3.05) is 0 Å². The van der Waals surface area contributed by atoms with Crippen molar-refractivity contribution in [1.29, 1.82) is 0 Å². The quantitative estimate of drug-likeness (QED) is 0.799. The predicted molar refractivity (Wildman–Crippen MR) is 61.3 cm³/mol. The Morgan fingerprint density at radius 3 is 3.00 bits per heavy atom. The molecule has 4 nitrogen and oxygen atoms in total. The zero-order valence-corrected chi connectivity index (χ0v) is 9.67. The van der Waals surface area contributed by atoms with Gasteiger partial charge in [-0.25, -0.2) is 0 Å². The highest BCUT2D eigenvalue weighted by Gasteiger charge is 2.17. The van der Waals surface area contributed by atoms with Gasteiger partial charge in [-0.15, -0.1) is 0 Å². The number of carbonyl (C=O) groups is 1. The number of rotatable bonds is 2. The Bertz CT molecular complexity index is 489. The molecule has 16 heavy (non-hydrogen) atoms. The molecule has 1 aliphatic heterocycles. The van der Waals surface area contributed by atoms with Crippen molar-refractivity contribution in [1.82, 2.24) is 9.88 Å². The van der Waals surface area contributed by atoms with Crippen molar-refractivity contribution in [3.05, 3.63) is 33.2 Å². The smallest absolute Gasteiger partial charge is 0.217 e. The summed E-state index contributed by atoms with van der Waals surface area (Å²) in [5.41, 5.74) is 2.90. The largest absolute Gasteiger partial charge is 0.352 e. The molecule has 1 N–H and O–H groups in total. The average Bonchev–Trinajstić information content (AvgIpc) is 2.65. The van der Waals surface area contributed by atoms with E-state index in [2.05, 4.69) is 9.88 Å². The number of nitrogens with zero attached hydrogens (tertiary/aromatic N) is 1. The van der Waals surface area contributed by atoms with Crippen LogP contribution in [0.15, 0.2) is 10.9 Å². The molecule has 0 saturated carbocycles. The molecule has 0 atom stereocenters. The minimum absolute atomic E-state index is 0.0411. The van der Waals surface area contributed by atoms with E-state index in [0.717, 1.165) is 36.3 Å². The first-order valence-corrected chi connectivity index (χ1v) is 5.56. The lowest BCUT2D eigenvalue weighted by atomic mass is 10.1. The number of nitrogens with one attached hydrogen (secondary N) is 1. The van der Waals surface area contributed by atoms with Gasteiger partial charge in [0.05, 0.1) is 0 Å². The second-order valence-corrected chi connectivity index (χ2v) is 4.24. The number of carbonyl (C=O) groups excluding carboxylic acids is 1. The number of hydrogen-bond acceptors (Lipinski definition) is 2. The zero-order valence-electron chi connectivity index (χ0n) is 9.67. The van der Waals surface area contributed by atoms with E-state index >= 15 is 0 Å². The van der Waals surface area contributed by atoms with Gasteiger partial charge in [0.2, 0.25) is 5.91 Å². The third-order valence-electron chi connectivity index (χ3n) is 3.05. The summed E-state index contributed by atoms with van der Waals surface area (Å²) in [4.78, 5) is 22.7. The topological polar surface area (TPSA) is 51.1 Å². The molecule has 0 bridgehead atoms. The molecule has 0 saturated heterocycles. The fraction of sp³-hybridized carbons (Fsp3) is 0.500. The lowest BCUT2D eigenvalue weighted by molar-refractivity contribution is -0.119. The number of hydrogen-bond donors (Lipinski definition) is 1. The van der Waals surface area contributed by atoms with Crippen LogP contribution in [0.5, 0.6) is 0 Å². The molecule has 1 aromatic rings. The van der Waals surface area contributed by atoms with E-state index < -0.39 is 0 Å². The Kier molecular flexibility index (Phi) is 2.81. The zero-order chi connectivity index (χ0) is 11.7. The lowest BCUT2D eigenvalue weighted by Gasteiger charge is -2.12. The highest BCUT2D eigenvalue weighted by atomic mass is 16.1. The van der Waals surface area contributed by atoms with Crippen LogP contribution >= 0.6 is 0 Å². The van der Waals surface area contributed by atoms with Gasteiger partial charge in [-0.05, 0) is 19.8 Å². The van der Waals surface area contributed by atoms with Crippen LogP contribution in [0.25, 0.3) is 0 Å². The van der Waals surface area contributed by atoms with Crippen LogP contribution in [-0.4, -0.2) is 10.5 Å². The Morgan fingerprint density at radius 2 is 2.31 bits per heavy atom. The SMILES string of the molecule is CC(=O)NCc1c2n(c(C)cc1=O)CCC2. The number of pyridine rings is 1.